The first-order valence-electron chi connectivity index (χ1n) is 6.65. The fraction of sp³-hybridized carbons (Fsp3) is 0.294. The molecule has 0 spiro atoms. The van der Waals surface area contributed by atoms with Gasteiger partial charge in [0, 0.05) is 17.1 Å². The predicted octanol–water partition coefficient (Wildman–Crippen LogP) is 4.92. The second-order valence-electron chi connectivity index (χ2n) is 5.16. The van der Waals surface area contributed by atoms with Crippen LogP contribution in [0.2, 0.25) is 0 Å². The summed E-state index contributed by atoms with van der Waals surface area (Å²) >= 11 is 3.64. The molecule has 0 heterocycles. The molecule has 0 aliphatic heterocycles. The molecule has 0 aliphatic carbocycles. The van der Waals surface area contributed by atoms with E-state index in [0.717, 1.165) is 11.0 Å². The van der Waals surface area contributed by atoms with Gasteiger partial charge in [-0.25, -0.2) is 0 Å². The largest absolute Gasteiger partial charge is 0.310 e. The average molecular weight is 318 g/mol. The summed E-state index contributed by atoms with van der Waals surface area (Å²) in [6, 6.07) is 15.6. The van der Waals surface area contributed by atoms with Crippen molar-refractivity contribution in [2.45, 2.75) is 33.4 Å². The highest BCUT2D eigenvalue weighted by Gasteiger charge is 2.06. The highest BCUT2D eigenvalue weighted by molar-refractivity contribution is 9.10. The van der Waals surface area contributed by atoms with Crippen LogP contribution in [0.4, 0.5) is 0 Å². The molecule has 0 saturated carbocycles. The van der Waals surface area contributed by atoms with E-state index in [9.17, 15) is 0 Å². The minimum Gasteiger partial charge on any atom is -0.310 e. The number of hydrogen-bond donors (Lipinski definition) is 1. The van der Waals surface area contributed by atoms with Crippen molar-refractivity contribution in [3.63, 3.8) is 0 Å². The van der Waals surface area contributed by atoms with Gasteiger partial charge in [-0.15, -0.1) is 0 Å². The van der Waals surface area contributed by atoms with E-state index in [4.69, 9.17) is 0 Å². The van der Waals surface area contributed by atoms with Crippen molar-refractivity contribution >= 4 is 15.9 Å². The maximum atomic E-state index is 3.64. The zero-order valence-corrected chi connectivity index (χ0v) is 13.3. The number of hydrogen-bond acceptors (Lipinski definition) is 1. The lowest BCUT2D eigenvalue weighted by atomic mass is 9.98. The molecule has 0 bridgehead atoms. The molecule has 0 amide bonds. The quantitative estimate of drug-likeness (QED) is 0.843. The Bertz CT molecular complexity index is 561. The van der Waals surface area contributed by atoms with E-state index >= 15 is 0 Å². The van der Waals surface area contributed by atoms with E-state index in [0.29, 0.717) is 6.04 Å². The molecule has 0 unspecified atom stereocenters. The molecular weight excluding hydrogens is 298 g/mol. The van der Waals surface area contributed by atoms with Crippen molar-refractivity contribution in [1.29, 1.82) is 0 Å². The van der Waals surface area contributed by atoms with Gasteiger partial charge in [-0.2, -0.15) is 0 Å². The second kappa shape index (κ2) is 6.36. The third-order valence-corrected chi connectivity index (χ3v) is 3.87. The summed E-state index contributed by atoms with van der Waals surface area (Å²) in [5.74, 6) is 0. The first kappa shape index (κ1) is 14.3. The summed E-state index contributed by atoms with van der Waals surface area (Å²) in [6.07, 6.45) is 0. The van der Waals surface area contributed by atoms with Gasteiger partial charge in [0.2, 0.25) is 0 Å². The Morgan fingerprint density at radius 1 is 1.05 bits per heavy atom. The zero-order chi connectivity index (χ0) is 13.8. The molecule has 0 saturated heterocycles. The zero-order valence-electron chi connectivity index (χ0n) is 11.7. The lowest BCUT2D eigenvalue weighted by Crippen LogP contribution is -2.21. The van der Waals surface area contributed by atoms with Crippen molar-refractivity contribution < 1.29 is 0 Å². The summed E-state index contributed by atoms with van der Waals surface area (Å²) in [4.78, 5) is 0. The van der Waals surface area contributed by atoms with Gasteiger partial charge in [0.05, 0.1) is 0 Å². The molecule has 2 heteroatoms. The Morgan fingerprint density at radius 3 is 2.47 bits per heavy atom. The molecule has 100 valence electrons. The van der Waals surface area contributed by atoms with E-state index in [-0.39, 0.29) is 0 Å². The summed E-state index contributed by atoms with van der Waals surface area (Å²) in [5.41, 5.74) is 5.19. The monoisotopic (exact) mass is 317 g/mol. The Labute approximate surface area is 124 Å². The van der Waals surface area contributed by atoms with Gasteiger partial charge in [0.1, 0.15) is 0 Å². The Balaban J connectivity index is 2.35. The molecule has 0 fully saturated rings. The third kappa shape index (κ3) is 3.68. The lowest BCUT2D eigenvalue weighted by molar-refractivity contribution is 0.589. The van der Waals surface area contributed by atoms with Crippen LogP contribution < -0.4 is 5.32 Å². The van der Waals surface area contributed by atoms with E-state index in [2.05, 4.69) is 78.4 Å². The number of nitrogens with one attached hydrogen (secondary N) is 1. The Kier molecular flexibility index (Phi) is 4.78. The SMILES string of the molecule is Cc1ccc(CNC(C)C)cc1-c1ccccc1Br. The summed E-state index contributed by atoms with van der Waals surface area (Å²) in [7, 11) is 0. The molecule has 0 aliphatic rings. The molecule has 2 rings (SSSR count). The van der Waals surface area contributed by atoms with Crippen LogP contribution >= 0.6 is 15.9 Å². The van der Waals surface area contributed by atoms with Gasteiger partial charge < -0.3 is 5.32 Å². The molecule has 1 N–H and O–H groups in total. The highest BCUT2D eigenvalue weighted by atomic mass is 79.9. The average Bonchev–Trinajstić information content (AvgIpc) is 2.38. The van der Waals surface area contributed by atoms with Gasteiger partial charge in [0.25, 0.3) is 0 Å². The maximum absolute atomic E-state index is 3.64. The summed E-state index contributed by atoms with van der Waals surface area (Å²) in [5, 5.41) is 3.46. The van der Waals surface area contributed by atoms with E-state index in [1.165, 1.54) is 22.3 Å². The fourth-order valence-corrected chi connectivity index (χ4v) is 2.57. The molecule has 19 heavy (non-hydrogen) atoms. The molecule has 2 aromatic rings. The van der Waals surface area contributed by atoms with Crippen LogP contribution in [0.5, 0.6) is 0 Å². The molecule has 1 nitrogen and oxygen atoms in total. The standard InChI is InChI=1S/C17H20BrN/c1-12(2)19-11-14-9-8-13(3)16(10-14)15-6-4-5-7-17(15)18/h4-10,12,19H,11H2,1-3H3. The van der Waals surface area contributed by atoms with E-state index in [1.54, 1.807) is 0 Å². The third-order valence-electron chi connectivity index (χ3n) is 3.18. The minimum atomic E-state index is 0.508. The van der Waals surface area contributed by atoms with Crippen LogP contribution in [0.25, 0.3) is 11.1 Å². The molecule has 0 aromatic heterocycles. The van der Waals surface area contributed by atoms with Gasteiger partial charge >= 0.3 is 0 Å². The van der Waals surface area contributed by atoms with Crippen molar-refractivity contribution in [3.8, 4) is 11.1 Å². The van der Waals surface area contributed by atoms with Crippen LogP contribution in [0.1, 0.15) is 25.0 Å². The number of benzene rings is 2. The van der Waals surface area contributed by atoms with Gasteiger partial charge in [-0.05, 0) is 41.3 Å². The molecular formula is C17H20BrN. The fourth-order valence-electron chi connectivity index (χ4n) is 2.07. The number of aryl methyl sites for hydroxylation is 1. The van der Waals surface area contributed by atoms with Crippen LogP contribution in [0, 0.1) is 6.92 Å². The van der Waals surface area contributed by atoms with Crippen LogP contribution in [0.3, 0.4) is 0 Å². The molecule has 0 atom stereocenters. The van der Waals surface area contributed by atoms with Crippen LogP contribution in [0.15, 0.2) is 46.9 Å². The Hall–Kier alpha value is -1.12. The summed E-state index contributed by atoms with van der Waals surface area (Å²) < 4.78 is 1.15. The van der Waals surface area contributed by atoms with Crippen molar-refractivity contribution in [2.75, 3.05) is 0 Å². The van der Waals surface area contributed by atoms with Crippen molar-refractivity contribution in [2.24, 2.45) is 0 Å². The van der Waals surface area contributed by atoms with Crippen LogP contribution in [-0.2, 0) is 6.54 Å². The van der Waals surface area contributed by atoms with E-state index < -0.39 is 0 Å². The number of halogens is 1. The molecule has 2 aromatic carbocycles. The van der Waals surface area contributed by atoms with E-state index in [1.807, 2.05) is 6.07 Å². The van der Waals surface area contributed by atoms with Crippen molar-refractivity contribution in [3.05, 3.63) is 58.1 Å². The Morgan fingerprint density at radius 2 is 1.79 bits per heavy atom. The smallest absolute Gasteiger partial charge is 0.0253 e. The summed E-state index contributed by atoms with van der Waals surface area (Å²) in [6.45, 7) is 7.41. The number of rotatable bonds is 4. The predicted molar refractivity (Wildman–Crippen MR) is 86.3 cm³/mol. The van der Waals surface area contributed by atoms with Gasteiger partial charge in [0.15, 0.2) is 0 Å². The topological polar surface area (TPSA) is 12.0 Å². The first-order valence-corrected chi connectivity index (χ1v) is 7.45. The lowest BCUT2D eigenvalue weighted by Gasteiger charge is -2.13. The first-order chi connectivity index (χ1) is 9.08. The van der Waals surface area contributed by atoms with Gasteiger partial charge in [-0.3, -0.25) is 0 Å². The van der Waals surface area contributed by atoms with Crippen LogP contribution in [-0.4, -0.2) is 6.04 Å². The minimum absolute atomic E-state index is 0.508. The maximum Gasteiger partial charge on any atom is 0.0253 e. The van der Waals surface area contributed by atoms with Crippen molar-refractivity contribution in [1.82, 2.24) is 5.32 Å². The second-order valence-corrected chi connectivity index (χ2v) is 6.02. The molecule has 0 radical (unpaired) electrons. The normalized spacial score (nSPS) is 11.0. The van der Waals surface area contributed by atoms with Gasteiger partial charge in [-0.1, -0.05) is 60.1 Å². The highest BCUT2D eigenvalue weighted by Crippen LogP contribution is 2.31.